The van der Waals surface area contributed by atoms with Gasteiger partial charge in [0.05, 0.1) is 5.75 Å². The summed E-state index contributed by atoms with van der Waals surface area (Å²) in [5.74, 6) is -1.26. The second-order valence-electron chi connectivity index (χ2n) is 3.03. The van der Waals surface area contributed by atoms with E-state index in [1.165, 1.54) is 0 Å². The number of hydrogen-bond donors (Lipinski definition) is 2. The van der Waals surface area contributed by atoms with Crippen molar-refractivity contribution < 1.29 is 18.0 Å². The van der Waals surface area contributed by atoms with Crippen LogP contribution in [-0.2, 0) is 13.8 Å². The van der Waals surface area contributed by atoms with Gasteiger partial charge in [-0.1, -0.05) is 6.92 Å². The summed E-state index contributed by atoms with van der Waals surface area (Å²) >= 11 is 0. The number of carbonyl (C=O) groups excluding carboxylic acids is 2. The molecule has 14 heavy (non-hydrogen) atoms. The van der Waals surface area contributed by atoms with E-state index in [9.17, 15) is 18.0 Å². The normalized spacial score (nSPS) is 27.3. The van der Waals surface area contributed by atoms with E-state index in [1.807, 2.05) is 5.32 Å². The first-order valence-corrected chi connectivity index (χ1v) is 6.33. The van der Waals surface area contributed by atoms with Gasteiger partial charge in [0.25, 0.3) is 5.91 Å². The minimum Gasteiger partial charge on any atom is -0.322 e. The Bertz CT molecular complexity index is 379. The molecule has 1 fully saturated rings. The maximum atomic E-state index is 11.3. The number of amides is 3. The van der Waals surface area contributed by atoms with Crippen LogP contribution in [-0.4, -0.2) is 31.6 Å². The third kappa shape index (κ3) is 2.16. The number of imide groups is 1. The number of nitrogens with one attached hydrogen (secondary N) is 2. The van der Waals surface area contributed by atoms with Gasteiger partial charge in [0.15, 0.2) is 0 Å². The highest BCUT2D eigenvalue weighted by molar-refractivity contribution is 8.13. The van der Waals surface area contributed by atoms with Crippen molar-refractivity contribution in [2.45, 2.75) is 18.9 Å². The predicted octanol–water partition coefficient (Wildman–Crippen LogP) is -0.457. The van der Waals surface area contributed by atoms with Crippen molar-refractivity contribution in [3.05, 3.63) is 0 Å². The predicted molar refractivity (Wildman–Crippen MR) is 49.3 cm³/mol. The van der Waals surface area contributed by atoms with Crippen molar-refractivity contribution in [1.82, 2.24) is 10.6 Å². The molecular weight excluding hydrogens is 232 g/mol. The Labute approximate surface area is 85.4 Å². The van der Waals surface area contributed by atoms with E-state index in [4.69, 9.17) is 10.7 Å². The highest BCUT2D eigenvalue weighted by Crippen LogP contribution is 2.19. The van der Waals surface area contributed by atoms with E-state index >= 15 is 0 Å². The lowest BCUT2D eigenvalue weighted by molar-refractivity contribution is -0.123. The molecule has 1 aliphatic rings. The monoisotopic (exact) mass is 240 g/mol. The average Bonchev–Trinajstić information content (AvgIpc) is 2.24. The molecule has 1 rings (SSSR count). The Balaban J connectivity index is 2.99. The maximum Gasteiger partial charge on any atom is 0.322 e. The van der Waals surface area contributed by atoms with Gasteiger partial charge in [0, 0.05) is 10.7 Å². The van der Waals surface area contributed by atoms with E-state index in [-0.39, 0.29) is 6.42 Å². The van der Waals surface area contributed by atoms with Gasteiger partial charge < -0.3 is 5.32 Å². The zero-order valence-electron chi connectivity index (χ0n) is 7.33. The van der Waals surface area contributed by atoms with Crippen LogP contribution in [0.2, 0.25) is 0 Å². The first-order valence-electron chi connectivity index (χ1n) is 3.85. The summed E-state index contributed by atoms with van der Waals surface area (Å²) in [5, 5.41) is 4.23. The summed E-state index contributed by atoms with van der Waals surface area (Å²) in [5.41, 5.74) is -1.42. The SMILES string of the molecule is CC[C@@]1(CS(=O)(=O)Cl)NC(=O)NC1=O. The molecular formula is C6H9ClN2O4S. The van der Waals surface area contributed by atoms with Crippen LogP contribution >= 0.6 is 10.7 Å². The number of halogens is 1. The van der Waals surface area contributed by atoms with Crippen LogP contribution in [0.15, 0.2) is 0 Å². The molecule has 2 N–H and O–H groups in total. The van der Waals surface area contributed by atoms with E-state index in [1.54, 1.807) is 6.92 Å². The molecule has 3 amide bonds. The van der Waals surface area contributed by atoms with Gasteiger partial charge >= 0.3 is 6.03 Å². The second kappa shape index (κ2) is 3.39. The van der Waals surface area contributed by atoms with Crippen LogP contribution in [0.5, 0.6) is 0 Å². The fourth-order valence-electron chi connectivity index (χ4n) is 1.28. The van der Waals surface area contributed by atoms with E-state index in [0.717, 1.165) is 0 Å². The van der Waals surface area contributed by atoms with Crippen molar-refractivity contribution in [1.29, 1.82) is 0 Å². The van der Waals surface area contributed by atoms with Crippen LogP contribution in [0, 0.1) is 0 Å². The Morgan fingerprint density at radius 2 is 2.00 bits per heavy atom. The molecule has 0 aromatic heterocycles. The number of carbonyl (C=O) groups is 2. The Morgan fingerprint density at radius 1 is 1.43 bits per heavy atom. The molecule has 0 unspecified atom stereocenters. The largest absolute Gasteiger partial charge is 0.322 e. The van der Waals surface area contributed by atoms with Crippen LogP contribution in [0.25, 0.3) is 0 Å². The Hall–Kier alpha value is -0.820. The molecule has 1 saturated heterocycles. The first kappa shape index (κ1) is 11.3. The van der Waals surface area contributed by atoms with E-state index in [0.29, 0.717) is 0 Å². The molecule has 6 nitrogen and oxygen atoms in total. The fraction of sp³-hybridized carbons (Fsp3) is 0.667. The first-order chi connectivity index (χ1) is 6.29. The summed E-state index contributed by atoms with van der Waals surface area (Å²) in [7, 11) is 1.20. The summed E-state index contributed by atoms with van der Waals surface area (Å²) < 4.78 is 21.7. The lowest BCUT2D eigenvalue weighted by atomic mass is 10.00. The number of urea groups is 1. The zero-order chi connectivity index (χ0) is 11.0. The molecule has 0 bridgehead atoms. The molecule has 0 spiro atoms. The summed E-state index contributed by atoms with van der Waals surface area (Å²) in [6, 6.07) is -0.697. The highest BCUT2D eigenvalue weighted by Gasteiger charge is 2.47. The third-order valence-electron chi connectivity index (χ3n) is 2.04. The molecule has 1 heterocycles. The molecule has 0 radical (unpaired) electrons. The number of rotatable bonds is 3. The summed E-state index contributed by atoms with van der Waals surface area (Å²) in [4.78, 5) is 22.1. The van der Waals surface area contributed by atoms with Gasteiger partial charge in [-0.2, -0.15) is 0 Å². The summed E-state index contributed by atoms with van der Waals surface area (Å²) in [6.07, 6.45) is 0.163. The van der Waals surface area contributed by atoms with Crippen LogP contribution < -0.4 is 10.6 Å². The fourth-order valence-corrected chi connectivity index (χ4v) is 2.83. The van der Waals surface area contributed by atoms with Crippen molar-refractivity contribution >= 4 is 31.7 Å². The van der Waals surface area contributed by atoms with Crippen molar-refractivity contribution in [3.8, 4) is 0 Å². The van der Waals surface area contributed by atoms with Gasteiger partial charge in [-0.25, -0.2) is 13.2 Å². The van der Waals surface area contributed by atoms with Gasteiger partial charge in [-0.15, -0.1) is 0 Å². The molecule has 80 valence electrons. The highest BCUT2D eigenvalue weighted by atomic mass is 35.7. The van der Waals surface area contributed by atoms with Crippen LogP contribution in [0.1, 0.15) is 13.3 Å². The van der Waals surface area contributed by atoms with Crippen LogP contribution in [0.3, 0.4) is 0 Å². The van der Waals surface area contributed by atoms with Gasteiger partial charge in [0.1, 0.15) is 5.54 Å². The van der Waals surface area contributed by atoms with E-state index in [2.05, 4.69) is 5.32 Å². The lowest BCUT2D eigenvalue weighted by Crippen LogP contribution is -2.51. The summed E-state index contributed by atoms with van der Waals surface area (Å²) in [6.45, 7) is 1.59. The molecule has 8 heteroatoms. The molecule has 0 aliphatic carbocycles. The lowest BCUT2D eigenvalue weighted by Gasteiger charge is -2.21. The standard InChI is InChI=1S/C6H9ClN2O4S/c1-2-6(3-14(7,12)13)4(10)8-5(11)9-6/h2-3H2,1H3,(H2,8,9,10,11)/t6-/m0/s1. The van der Waals surface area contributed by atoms with E-state index < -0.39 is 32.3 Å². The quantitative estimate of drug-likeness (QED) is 0.516. The third-order valence-corrected chi connectivity index (χ3v) is 3.20. The number of hydrogen-bond acceptors (Lipinski definition) is 4. The van der Waals surface area contributed by atoms with Crippen molar-refractivity contribution in [2.75, 3.05) is 5.75 Å². The van der Waals surface area contributed by atoms with Crippen LogP contribution in [0.4, 0.5) is 4.79 Å². The zero-order valence-corrected chi connectivity index (χ0v) is 8.91. The second-order valence-corrected chi connectivity index (χ2v) is 5.80. The Morgan fingerprint density at radius 3 is 2.29 bits per heavy atom. The maximum absolute atomic E-state index is 11.3. The van der Waals surface area contributed by atoms with Crippen molar-refractivity contribution in [2.24, 2.45) is 0 Å². The molecule has 0 aromatic rings. The van der Waals surface area contributed by atoms with Gasteiger partial charge in [-0.05, 0) is 6.42 Å². The smallest absolute Gasteiger partial charge is 0.322 e. The van der Waals surface area contributed by atoms with Gasteiger partial charge in [0.2, 0.25) is 9.05 Å². The Kier molecular flexibility index (Phi) is 2.73. The van der Waals surface area contributed by atoms with Gasteiger partial charge in [-0.3, -0.25) is 10.1 Å². The minimum absolute atomic E-state index is 0.163. The molecule has 0 saturated carbocycles. The molecule has 0 aromatic carbocycles. The molecule has 1 aliphatic heterocycles. The topological polar surface area (TPSA) is 92.3 Å². The average molecular weight is 241 g/mol. The van der Waals surface area contributed by atoms with Crippen molar-refractivity contribution in [3.63, 3.8) is 0 Å². The minimum atomic E-state index is -3.84. The molecule has 1 atom stereocenters.